The second-order valence-corrected chi connectivity index (χ2v) is 5.24. The van der Waals surface area contributed by atoms with Crippen molar-refractivity contribution < 1.29 is 19.1 Å². The maximum Gasteiger partial charge on any atom is 0.337 e. The maximum atomic E-state index is 12.0. The summed E-state index contributed by atoms with van der Waals surface area (Å²) < 4.78 is 4.59. The van der Waals surface area contributed by atoms with Gasteiger partial charge in [0, 0.05) is 11.4 Å². The van der Waals surface area contributed by atoms with E-state index in [9.17, 15) is 14.4 Å². The van der Waals surface area contributed by atoms with Crippen molar-refractivity contribution in [1.29, 1.82) is 0 Å². The van der Waals surface area contributed by atoms with Crippen LogP contribution >= 0.6 is 0 Å². The summed E-state index contributed by atoms with van der Waals surface area (Å²) in [6.45, 7) is 3.71. The highest BCUT2D eigenvalue weighted by Crippen LogP contribution is 2.19. The first-order valence-electron chi connectivity index (χ1n) is 7.29. The minimum Gasteiger partial charge on any atom is -0.465 e. The first-order chi connectivity index (χ1) is 11.4. The Hall–Kier alpha value is -3.15. The number of methoxy groups -OCH3 is 1. The number of hydrogen-bond donors (Lipinski definition) is 2. The summed E-state index contributed by atoms with van der Waals surface area (Å²) in [7, 11) is 1.29. The number of carbonyl (C=O) groups excluding carboxylic acids is 3. The number of para-hydroxylation sites is 1. The second kappa shape index (κ2) is 7.41. The maximum absolute atomic E-state index is 12.0. The Morgan fingerprint density at radius 2 is 1.38 bits per heavy atom. The number of anilines is 2. The van der Waals surface area contributed by atoms with Gasteiger partial charge in [-0.05, 0) is 49.2 Å². The fourth-order valence-corrected chi connectivity index (χ4v) is 2.18. The van der Waals surface area contributed by atoms with Crippen LogP contribution in [0.2, 0.25) is 0 Å². The standard InChI is InChI=1S/C18H18N2O4/c1-11-5-4-6-12(2)15(11)20-17(22)16(21)19-14-9-7-13(8-10-14)18(23)24-3/h4-10H,1-3H3,(H,19,21)(H,20,22). The van der Waals surface area contributed by atoms with Crippen molar-refractivity contribution in [3.8, 4) is 0 Å². The van der Waals surface area contributed by atoms with Gasteiger partial charge in [0.2, 0.25) is 0 Å². The highest BCUT2D eigenvalue weighted by molar-refractivity contribution is 6.43. The van der Waals surface area contributed by atoms with E-state index in [-0.39, 0.29) is 0 Å². The Balaban J connectivity index is 2.04. The van der Waals surface area contributed by atoms with Crippen molar-refractivity contribution >= 4 is 29.2 Å². The van der Waals surface area contributed by atoms with E-state index in [2.05, 4.69) is 15.4 Å². The molecule has 0 aromatic heterocycles. The minimum atomic E-state index is -0.788. The molecule has 0 saturated carbocycles. The van der Waals surface area contributed by atoms with Crippen LogP contribution in [0.4, 0.5) is 11.4 Å². The lowest BCUT2D eigenvalue weighted by Crippen LogP contribution is -2.29. The molecular formula is C18H18N2O4. The molecule has 124 valence electrons. The van der Waals surface area contributed by atoms with Gasteiger partial charge < -0.3 is 15.4 Å². The molecule has 0 fully saturated rings. The number of esters is 1. The number of ether oxygens (including phenoxy) is 1. The van der Waals surface area contributed by atoms with E-state index in [4.69, 9.17) is 0 Å². The smallest absolute Gasteiger partial charge is 0.337 e. The monoisotopic (exact) mass is 326 g/mol. The second-order valence-electron chi connectivity index (χ2n) is 5.24. The van der Waals surface area contributed by atoms with E-state index in [0.29, 0.717) is 16.9 Å². The van der Waals surface area contributed by atoms with E-state index in [1.807, 2.05) is 32.0 Å². The number of carbonyl (C=O) groups is 3. The molecule has 6 nitrogen and oxygen atoms in total. The molecular weight excluding hydrogens is 308 g/mol. The van der Waals surface area contributed by atoms with Crippen molar-refractivity contribution in [2.45, 2.75) is 13.8 Å². The van der Waals surface area contributed by atoms with Crippen LogP contribution in [0, 0.1) is 13.8 Å². The SMILES string of the molecule is COC(=O)c1ccc(NC(=O)C(=O)Nc2c(C)cccc2C)cc1. The van der Waals surface area contributed by atoms with Gasteiger partial charge in [0.1, 0.15) is 0 Å². The van der Waals surface area contributed by atoms with Crippen LogP contribution in [0.1, 0.15) is 21.5 Å². The first-order valence-corrected chi connectivity index (χ1v) is 7.29. The van der Waals surface area contributed by atoms with E-state index >= 15 is 0 Å². The average molecular weight is 326 g/mol. The van der Waals surface area contributed by atoms with Crippen LogP contribution in [0.3, 0.4) is 0 Å². The Morgan fingerprint density at radius 1 is 0.833 bits per heavy atom. The van der Waals surface area contributed by atoms with Crippen molar-refractivity contribution in [2.75, 3.05) is 17.7 Å². The van der Waals surface area contributed by atoms with Crippen LogP contribution in [0.5, 0.6) is 0 Å². The number of amides is 2. The van der Waals surface area contributed by atoms with E-state index < -0.39 is 17.8 Å². The summed E-state index contributed by atoms with van der Waals surface area (Å²) in [4.78, 5) is 35.4. The van der Waals surface area contributed by atoms with Gasteiger partial charge in [-0.2, -0.15) is 0 Å². The fourth-order valence-electron chi connectivity index (χ4n) is 2.18. The molecule has 0 saturated heterocycles. The largest absolute Gasteiger partial charge is 0.465 e. The number of benzene rings is 2. The summed E-state index contributed by atoms with van der Waals surface area (Å²) in [6, 6.07) is 11.6. The predicted molar refractivity (Wildman–Crippen MR) is 91.0 cm³/mol. The lowest BCUT2D eigenvalue weighted by Gasteiger charge is -2.11. The lowest BCUT2D eigenvalue weighted by atomic mass is 10.1. The zero-order valence-corrected chi connectivity index (χ0v) is 13.7. The Morgan fingerprint density at radius 3 is 1.92 bits per heavy atom. The van der Waals surface area contributed by atoms with Crippen molar-refractivity contribution in [2.24, 2.45) is 0 Å². The van der Waals surface area contributed by atoms with Crippen molar-refractivity contribution in [1.82, 2.24) is 0 Å². The molecule has 0 radical (unpaired) electrons. The van der Waals surface area contributed by atoms with Gasteiger partial charge in [-0.15, -0.1) is 0 Å². The minimum absolute atomic E-state index is 0.357. The van der Waals surface area contributed by atoms with Gasteiger partial charge in [0.15, 0.2) is 0 Å². The number of aryl methyl sites for hydroxylation is 2. The summed E-state index contributed by atoms with van der Waals surface area (Å²) in [5, 5.41) is 5.09. The third kappa shape index (κ3) is 3.98. The van der Waals surface area contributed by atoms with Gasteiger partial charge in [-0.25, -0.2) is 4.79 Å². The predicted octanol–water partition coefficient (Wildman–Crippen LogP) is 2.67. The van der Waals surface area contributed by atoms with Crippen molar-refractivity contribution in [3.63, 3.8) is 0 Å². The lowest BCUT2D eigenvalue weighted by molar-refractivity contribution is -0.133. The van der Waals surface area contributed by atoms with Crippen LogP contribution in [0.25, 0.3) is 0 Å². The zero-order valence-electron chi connectivity index (χ0n) is 13.7. The molecule has 24 heavy (non-hydrogen) atoms. The molecule has 6 heteroatoms. The molecule has 2 rings (SSSR count). The molecule has 0 aliphatic heterocycles. The molecule has 0 bridgehead atoms. The summed E-state index contributed by atoms with van der Waals surface area (Å²) >= 11 is 0. The van der Waals surface area contributed by atoms with E-state index in [0.717, 1.165) is 11.1 Å². The van der Waals surface area contributed by atoms with E-state index in [1.54, 1.807) is 0 Å². The molecule has 2 N–H and O–H groups in total. The quantitative estimate of drug-likeness (QED) is 0.671. The van der Waals surface area contributed by atoms with Gasteiger partial charge in [-0.3, -0.25) is 9.59 Å². The highest BCUT2D eigenvalue weighted by Gasteiger charge is 2.16. The average Bonchev–Trinajstić information content (AvgIpc) is 2.58. The molecule has 0 aliphatic rings. The third-order valence-electron chi connectivity index (χ3n) is 3.49. The zero-order chi connectivity index (χ0) is 17.7. The Kier molecular flexibility index (Phi) is 5.31. The summed E-state index contributed by atoms with van der Waals surface area (Å²) in [5.41, 5.74) is 3.13. The molecule has 0 aliphatic carbocycles. The van der Waals surface area contributed by atoms with Crippen LogP contribution in [-0.4, -0.2) is 24.9 Å². The summed E-state index contributed by atoms with van der Waals surface area (Å²) in [6.07, 6.45) is 0. The molecule has 2 amide bonds. The van der Waals surface area contributed by atoms with Gasteiger partial charge >= 0.3 is 17.8 Å². The molecule has 2 aromatic rings. The normalized spacial score (nSPS) is 9.96. The van der Waals surface area contributed by atoms with Gasteiger partial charge in [-0.1, -0.05) is 18.2 Å². The van der Waals surface area contributed by atoms with Gasteiger partial charge in [0.05, 0.1) is 12.7 Å². The molecule has 2 aromatic carbocycles. The topological polar surface area (TPSA) is 84.5 Å². The van der Waals surface area contributed by atoms with Crippen molar-refractivity contribution in [3.05, 3.63) is 59.2 Å². The van der Waals surface area contributed by atoms with Crippen LogP contribution in [0.15, 0.2) is 42.5 Å². The number of nitrogens with one attached hydrogen (secondary N) is 2. The molecule has 0 heterocycles. The number of rotatable bonds is 3. The molecule has 0 spiro atoms. The number of hydrogen-bond acceptors (Lipinski definition) is 4. The first kappa shape index (κ1) is 17.2. The van der Waals surface area contributed by atoms with Crippen LogP contribution in [-0.2, 0) is 14.3 Å². The highest BCUT2D eigenvalue weighted by atomic mass is 16.5. The fraction of sp³-hybridized carbons (Fsp3) is 0.167. The third-order valence-corrected chi connectivity index (χ3v) is 3.49. The van der Waals surface area contributed by atoms with E-state index in [1.165, 1.54) is 31.4 Å². The molecule has 0 atom stereocenters. The summed E-state index contributed by atoms with van der Waals surface area (Å²) in [5.74, 6) is -2.02. The Labute approximate surface area is 139 Å². The Bertz CT molecular complexity index is 762. The molecule has 0 unspecified atom stereocenters. The van der Waals surface area contributed by atoms with Gasteiger partial charge in [0.25, 0.3) is 0 Å². The van der Waals surface area contributed by atoms with Crippen LogP contribution < -0.4 is 10.6 Å².